The molecular weight excluding hydrogens is 259 g/mol. The van der Waals surface area contributed by atoms with Crippen LogP contribution in [0.4, 0.5) is 4.39 Å². The van der Waals surface area contributed by atoms with Crippen LogP contribution in [0.2, 0.25) is 0 Å². The summed E-state index contributed by atoms with van der Waals surface area (Å²) in [6.07, 6.45) is 1.83. The number of carbonyl (C=O) groups is 2. The molecule has 1 aromatic rings. The Bertz CT molecular complexity index is 479. The third-order valence-corrected chi connectivity index (χ3v) is 3.58. The molecule has 0 unspecified atom stereocenters. The van der Waals surface area contributed by atoms with Crippen LogP contribution in [0.15, 0.2) is 24.3 Å². The molecule has 1 aliphatic heterocycles. The summed E-state index contributed by atoms with van der Waals surface area (Å²) in [4.78, 5) is 24.9. The molecule has 1 aliphatic rings. The van der Waals surface area contributed by atoms with Gasteiger partial charge in [0.1, 0.15) is 5.82 Å². The second-order valence-electron chi connectivity index (χ2n) is 5.15. The number of hydrogen-bond acceptors (Lipinski definition) is 2. The van der Waals surface area contributed by atoms with Crippen LogP contribution in [-0.2, 0) is 16.0 Å². The molecule has 0 spiro atoms. The molecule has 1 N–H and O–H groups in total. The van der Waals surface area contributed by atoms with Crippen molar-refractivity contribution in [2.45, 2.75) is 32.2 Å². The van der Waals surface area contributed by atoms with Gasteiger partial charge in [0.05, 0.1) is 6.42 Å². The van der Waals surface area contributed by atoms with E-state index < -0.39 is 0 Å². The number of carbonyl (C=O) groups excluding carboxylic acids is 2. The van der Waals surface area contributed by atoms with E-state index in [4.69, 9.17) is 0 Å². The number of nitrogens with one attached hydrogen (secondary N) is 1. The van der Waals surface area contributed by atoms with Gasteiger partial charge < -0.3 is 10.2 Å². The van der Waals surface area contributed by atoms with E-state index in [1.54, 1.807) is 24.0 Å². The lowest BCUT2D eigenvalue weighted by molar-refractivity contribution is -0.130. The van der Waals surface area contributed by atoms with Gasteiger partial charge >= 0.3 is 0 Å². The van der Waals surface area contributed by atoms with Crippen molar-refractivity contribution >= 4 is 11.8 Å². The van der Waals surface area contributed by atoms with Gasteiger partial charge in [0.2, 0.25) is 11.8 Å². The zero-order chi connectivity index (χ0) is 14.5. The van der Waals surface area contributed by atoms with Crippen LogP contribution in [0.5, 0.6) is 0 Å². The number of benzene rings is 1. The molecular formula is C15H19FN2O2. The minimum atomic E-state index is -0.300. The van der Waals surface area contributed by atoms with Crippen molar-refractivity contribution in [3.8, 4) is 0 Å². The van der Waals surface area contributed by atoms with Crippen LogP contribution in [0.25, 0.3) is 0 Å². The number of rotatable bonds is 3. The van der Waals surface area contributed by atoms with Gasteiger partial charge in [0.25, 0.3) is 0 Å². The lowest BCUT2D eigenvalue weighted by atomic mass is 10.0. The Morgan fingerprint density at radius 1 is 1.25 bits per heavy atom. The van der Waals surface area contributed by atoms with Gasteiger partial charge in [-0.25, -0.2) is 4.39 Å². The first-order chi connectivity index (χ1) is 9.54. The predicted octanol–water partition coefficient (Wildman–Crippen LogP) is 1.50. The highest BCUT2D eigenvalue weighted by Crippen LogP contribution is 2.11. The number of piperidine rings is 1. The molecule has 0 atom stereocenters. The summed E-state index contributed by atoms with van der Waals surface area (Å²) in [7, 11) is 0. The number of amides is 2. The van der Waals surface area contributed by atoms with E-state index >= 15 is 0 Å². The van der Waals surface area contributed by atoms with Crippen molar-refractivity contribution in [3.05, 3.63) is 35.6 Å². The van der Waals surface area contributed by atoms with Gasteiger partial charge in [0.15, 0.2) is 0 Å². The van der Waals surface area contributed by atoms with Gasteiger partial charge in [-0.15, -0.1) is 0 Å². The Kier molecular flexibility index (Phi) is 4.71. The van der Waals surface area contributed by atoms with Gasteiger partial charge in [-0.1, -0.05) is 12.1 Å². The monoisotopic (exact) mass is 278 g/mol. The number of nitrogens with zero attached hydrogens (tertiary/aromatic N) is 1. The molecule has 0 bridgehead atoms. The first kappa shape index (κ1) is 14.5. The molecule has 0 saturated carbocycles. The second-order valence-corrected chi connectivity index (χ2v) is 5.15. The fourth-order valence-electron chi connectivity index (χ4n) is 2.41. The van der Waals surface area contributed by atoms with E-state index in [0.717, 1.165) is 18.4 Å². The maximum absolute atomic E-state index is 12.8. The maximum atomic E-state index is 12.8. The number of halogens is 1. The Hall–Kier alpha value is -1.91. The Morgan fingerprint density at radius 3 is 2.40 bits per heavy atom. The minimum absolute atomic E-state index is 0.0575. The van der Waals surface area contributed by atoms with Crippen molar-refractivity contribution in [1.82, 2.24) is 10.2 Å². The maximum Gasteiger partial charge on any atom is 0.224 e. The average Bonchev–Trinajstić information content (AvgIpc) is 2.42. The molecule has 0 radical (unpaired) electrons. The molecule has 5 heteroatoms. The van der Waals surface area contributed by atoms with Crippen LogP contribution < -0.4 is 5.32 Å². The van der Waals surface area contributed by atoms with Crippen LogP contribution in [0.3, 0.4) is 0 Å². The topological polar surface area (TPSA) is 49.4 Å². The second kappa shape index (κ2) is 6.50. The van der Waals surface area contributed by atoms with E-state index in [-0.39, 0.29) is 30.1 Å². The molecule has 1 fully saturated rings. The molecule has 2 amide bonds. The summed E-state index contributed by atoms with van der Waals surface area (Å²) in [6.45, 7) is 2.95. The van der Waals surface area contributed by atoms with Crippen molar-refractivity contribution in [3.63, 3.8) is 0 Å². The summed E-state index contributed by atoms with van der Waals surface area (Å²) >= 11 is 0. The zero-order valence-electron chi connectivity index (χ0n) is 11.6. The summed E-state index contributed by atoms with van der Waals surface area (Å²) in [5, 5.41) is 2.97. The highest BCUT2D eigenvalue weighted by molar-refractivity contribution is 5.79. The smallest absolute Gasteiger partial charge is 0.224 e. The molecule has 1 saturated heterocycles. The van der Waals surface area contributed by atoms with E-state index in [9.17, 15) is 14.0 Å². The standard InChI is InChI=1S/C15H19FN2O2/c1-11(19)18-8-6-14(7-9-18)17-15(20)10-12-2-4-13(16)5-3-12/h2-5,14H,6-10H2,1H3,(H,17,20). The fraction of sp³-hybridized carbons (Fsp3) is 0.467. The summed E-state index contributed by atoms with van der Waals surface area (Å²) in [5.41, 5.74) is 0.796. The highest BCUT2D eigenvalue weighted by Gasteiger charge is 2.21. The van der Waals surface area contributed by atoms with Crippen LogP contribution >= 0.6 is 0 Å². The first-order valence-electron chi connectivity index (χ1n) is 6.84. The summed E-state index contributed by atoms with van der Waals surface area (Å²) in [6, 6.07) is 6.07. The zero-order valence-corrected chi connectivity index (χ0v) is 11.6. The van der Waals surface area contributed by atoms with E-state index in [2.05, 4.69) is 5.32 Å². The highest BCUT2D eigenvalue weighted by atomic mass is 19.1. The van der Waals surface area contributed by atoms with Crippen LogP contribution in [-0.4, -0.2) is 35.8 Å². The molecule has 2 rings (SSSR count). The third kappa shape index (κ3) is 4.05. The van der Waals surface area contributed by atoms with E-state index in [1.165, 1.54) is 12.1 Å². The van der Waals surface area contributed by atoms with Crippen LogP contribution in [0, 0.1) is 5.82 Å². The van der Waals surface area contributed by atoms with Gasteiger partial charge in [-0.3, -0.25) is 9.59 Å². The molecule has 1 aromatic carbocycles. The van der Waals surface area contributed by atoms with Crippen molar-refractivity contribution in [1.29, 1.82) is 0 Å². The molecule has 108 valence electrons. The van der Waals surface area contributed by atoms with Crippen molar-refractivity contribution in [2.75, 3.05) is 13.1 Å². The van der Waals surface area contributed by atoms with Crippen LogP contribution in [0.1, 0.15) is 25.3 Å². The minimum Gasteiger partial charge on any atom is -0.353 e. The first-order valence-corrected chi connectivity index (χ1v) is 6.84. The number of hydrogen-bond donors (Lipinski definition) is 1. The molecule has 1 heterocycles. The SMILES string of the molecule is CC(=O)N1CCC(NC(=O)Cc2ccc(F)cc2)CC1. The summed E-state index contributed by atoms with van der Waals surface area (Å²) < 4.78 is 12.8. The largest absolute Gasteiger partial charge is 0.353 e. The lowest BCUT2D eigenvalue weighted by Crippen LogP contribution is -2.46. The van der Waals surface area contributed by atoms with Gasteiger partial charge in [-0.2, -0.15) is 0 Å². The molecule has 0 aliphatic carbocycles. The Labute approximate surface area is 118 Å². The lowest BCUT2D eigenvalue weighted by Gasteiger charge is -2.31. The van der Waals surface area contributed by atoms with Crippen molar-refractivity contribution < 1.29 is 14.0 Å². The average molecular weight is 278 g/mol. The van der Waals surface area contributed by atoms with Gasteiger partial charge in [-0.05, 0) is 30.5 Å². The molecule has 20 heavy (non-hydrogen) atoms. The van der Waals surface area contributed by atoms with Gasteiger partial charge in [0, 0.05) is 26.1 Å². The third-order valence-electron chi connectivity index (χ3n) is 3.58. The van der Waals surface area contributed by atoms with E-state index in [1.807, 2.05) is 0 Å². The predicted molar refractivity (Wildman–Crippen MR) is 73.5 cm³/mol. The Balaban J connectivity index is 1.78. The molecule has 0 aromatic heterocycles. The quantitative estimate of drug-likeness (QED) is 0.911. The van der Waals surface area contributed by atoms with E-state index in [0.29, 0.717) is 13.1 Å². The normalized spacial score (nSPS) is 16.0. The van der Waals surface area contributed by atoms with Crippen molar-refractivity contribution in [2.24, 2.45) is 0 Å². The Morgan fingerprint density at radius 2 is 1.85 bits per heavy atom. The summed E-state index contributed by atoms with van der Waals surface area (Å²) in [5.74, 6) is -0.273. The fourth-order valence-corrected chi connectivity index (χ4v) is 2.41. The molecule has 4 nitrogen and oxygen atoms in total. The number of likely N-dealkylation sites (tertiary alicyclic amines) is 1.